The van der Waals surface area contributed by atoms with Crippen LogP contribution >= 0.6 is 11.8 Å². The third-order valence-corrected chi connectivity index (χ3v) is 2.95. The van der Waals surface area contributed by atoms with Crippen molar-refractivity contribution in [1.82, 2.24) is 9.31 Å². The van der Waals surface area contributed by atoms with E-state index < -0.39 is 11.4 Å². The topological polar surface area (TPSA) is 57.1 Å². The molecule has 0 atom stereocenters. The molecule has 2 aromatic rings. The van der Waals surface area contributed by atoms with E-state index >= 15 is 0 Å². The number of rotatable bonds is 2. The highest BCUT2D eigenvalue weighted by Crippen LogP contribution is 2.15. The first kappa shape index (κ1) is 10.8. The number of thioether (sulfide) groups is 1. The van der Waals surface area contributed by atoms with Gasteiger partial charge >= 0.3 is 11.4 Å². The van der Waals surface area contributed by atoms with E-state index in [2.05, 4.69) is 0 Å². The Balaban J connectivity index is 2.55. The molecule has 16 heavy (non-hydrogen) atoms. The maximum Gasteiger partial charge on any atom is 0.442 e. The summed E-state index contributed by atoms with van der Waals surface area (Å²) in [4.78, 5) is 23.8. The third kappa shape index (κ3) is 1.71. The molecule has 2 rings (SSSR count). The van der Waals surface area contributed by atoms with E-state index in [0.29, 0.717) is 5.69 Å². The molecule has 0 saturated heterocycles. The van der Waals surface area contributed by atoms with Crippen LogP contribution in [0.15, 0.2) is 43.3 Å². The lowest BCUT2D eigenvalue weighted by Crippen LogP contribution is -2.25. The Morgan fingerprint density at radius 3 is 2.25 bits per heavy atom. The molecule has 0 radical (unpaired) electrons. The van der Waals surface area contributed by atoms with E-state index in [-0.39, 0.29) is 0 Å². The first-order chi connectivity index (χ1) is 7.63. The normalized spacial score (nSPS) is 10.6. The van der Waals surface area contributed by atoms with E-state index in [9.17, 15) is 9.59 Å². The van der Waals surface area contributed by atoms with E-state index in [0.717, 1.165) is 14.2 Å². The second-order valence-electron chi connectivity index (χ2n) is 3.19. The summed E-state index contributed by atoms with van der Waals surface area (Å²) in [6.07, 6.45) is 1.96. The van der Waals surface area contributed by atoms with Crippen LogP contribution in [0.2, 0.25) is 0 Å². The standard InChI is InChI=1S/C10H10N2O3S/c1-11-9(13)12(15-10(11)14)7-3-5-8(16-2)6-4-7/h3-6H,1-2H3. The molecule has 0 amide bonds. The van der Waals surface area contributed by atoms with Crippen LogP contribution in [0.25, 0.3) is 5.69 Å². The van der Waals surface area contributed by atoms with Crippen LogP contribution in [0.1, 0.15) is 0 Å². The summed E-state index contributed by atoms with van der Waals surface area (Å²) < 4.78 is 6.71. The lowest BCUT2D eigenvalue weighted by molar-refractivity contribution is 0.312. The van der Waals surface area contributed by atoms with Crippen LogP contribution in [-0.4, -0.2) is 15.6 Å². The molecule has 0 saturated carbocycles. The monoisotopic (exact) mass is 238 g/mol. The molecule has 1 aromatic carbocycles. The molecule has 6 heteroatoms. The van der Waals surface area contributed by atoms with Crippen LogP contribution < -0.4 is 11.4 Å². The summed E-state index contributed by atoms with van der Waals surface area (Å²) in [5.41, 5.74) is 0.0578. The van der Waals surface area contributed by atoms with E-state index in [4.69, 9.17) is 4.52 Å². The molecular weight excluding hydrogens is 228 g/mol. The largest absolute Gasteiger partial charge is 0.442 e. The lowest BCUT2D eigenvalue weighted by atomic mass is 10.3. The Kier molecular flexibility index (Phi) is 2.74. The van der Waals surface area contributed by atoms with Gasteiger partial charge in [-0.2, -0.15) is 0 Å². The van der Waals surface area contributed by atoms with E-state index in [1.165, 1.54) is 7.05 Å². The molecule has 84 valence electrons. The minimum absolute atomic E-state index is 0.484. The van der Waals surface area contributed by atoms with Gasteiger partial charge in [0.15, 0.2) is 0 Å². The first-order valence-corrected chi connectivity index (χ1v) is 5.80. The molecule has 1 heterocycles. The van der Waals surface area contributed by atoms with Crippen molar-refractivity contribution in [2.45, 2.75) is 4.90 Å². The van der Waals surface area contributed by atoms with Crippen molar-refractivity contribution in [3.63, 3.8) is 0 Å². The maximum absolute atomic E-state index is 11.6. The van der Waals surface area contributed by atoms with Crippen molar-refractivity contribution >= 4 is 11.8 Å². The molecule has 0 fully saturated rings. The minimum atomic E-state index is -0.668. The first-order valence-electron chi connectivity index (χ1n) is 4.57. The number of aromatic nitrogens is 2. The summed E-state index contributed by atoms with van der Waals surface area (Å²) in [6.45, 7) is 0. The summed E-state index contributed by atoms with van der Waals surface area (Å²) in [7, 11) is 1.38. The fraction of sp³-hybridized carbons (Fsp3) is 0.200. The molecule has 0 spiro atoms. The molecular formula is C10H10N2O3S. The summed E-state index contributed by atoms with van der Waals surface area (Å²) in [5.74, 6) is -0.668. The van der Waals surface area contributed by atoms with Crippen molar-refractivity contribution < 1.29 is 4.52 Å². The Hall–Kier alpha value is -1.69. The molecule has 0 N–H and O–H groups in total. The SMILES string of the molecule is CSc1ccc(-n2oc(=O)n(C)c2=O)cc1. The van der Waals surface area contributed by atoms with Gasteiger partial charge in [0.25, 0.3) is 0 Å². The maximum atomic E-state index is 11.6. The fourth-order valence-corrected chi connectivity index (χ4v) is 1.68. The van der Waals surface area contributed by atoms with Crippen molar-refractivity contribution in [1.29, 1.82) is 0 Å². The highest BCUT2D eigenvalue weighted by molar-refractivity contribution is 7.98. The minimum Gasteiger partial charge on any atom is -0.312 e. The van der Waals surface area contributed by atoms with Crippen molar-refractivity contribution in [2.75, 3.05) is 6.26 Å². The zero-order valence-electron chi connectivity index (χ0n) is 8.84. The average Bonchev–Trinajstić information content (AvgIpc) is 2.57. The number of nitrogens with zero attached hydrogens (tertiary/aromatic N) is 2. The van der Waals surface area contributed by atoms with E-state index in [1.807, 2.05) is 18.4 Å². The van der Waals surface area contributed by atoms with Crippen molar-refractivity contribution in [2.24, 2.45) is 7.05 Å². The predicted molar refractivity (Wildman–Crippen MR) is 61.3 cm³/mol. The summed E-state index contributed by atoms with van der Waals surface area (Å²) >= 11 is 1.60. The Labute approximate surface area is 95.3 Å². The Bertz CT molecular complexity index is 606. The Morgan fingerprint density at radius 1 is 1.19 bits per heavy atom. The van der Waals surface area contributed by atoms with Gasteiger partial charge in [0.1, 0.15) is 0 Å². The molecule has 1 aromatic heterocycles. The van der Waals surface area contributed by atoms with Gasteiger partial charge < -0.3 is 4.52 Å². The van der Waals surface area contributed by atoms with Gasteiger partial charge in [-0.1, -0.05) is 0 Å². The average molecular weight is 238 g/mol. The fourth-order valence-electron chi connectivity index (χ4n) is 1.27. The molecule has 0 aliphatic carbocycles. The van der Waals surface area contributed by atoms with Gasteiger partial charge in [0.2, 0.25) is 0 Å². The van der Waals surface area contributed by atoms with Crippen molar-refractivity contribution in [3.05, 3.63) is 45.3 Å². The van der Waals surface area contributed by atoms with Gasteiger partial charge in [-0.3, -0.25) is 0 Å². The molecule has 0 bridgehead atoms. The van der Waals surface area contributed by atoms with Gasteiger partial charge in [0, 0.05) is 11.9 Å². The van der Waals surface area contributed by atoms with Crippen LogP contribution in [0.5, 0.6) is 0 Å². The predicted octanol–water partition coefficient (Wildman–Crippen LogP) is 0.851. The zero-order valence-corrected chi connectivity index (χ0v) is 9.65. The molecule has 0 aliphatic heterocycles. The van der Waals surface area contributed by atoms with Crippen LogP contribution in [0.4, 0.5) is 0 Å². The molecule has 0 unspecified atom stereocenters. The van der Waals surface area contributed by atoms with Gasteiger partial charge in [-0.05, 0) is 30.5 Å². The molecule has 5 nitrogen and oxygen atoms in total. The second kappa shape index (κ2) is 4.05. The molecule has 0 aliphatic rings. The van der Waals surface area contributed by atoms with Gasteiger partial charge in [-0.25, -0.2) is 14.2 Å². The number of hydrogen-bond donors (Lipinski definition) is 0. The third-order valence-electron chi connectivity index (χ3n) is 2.21. The van der Waals surface area contributed by atoms with Gasteiger partial charge in [0.05, 0.1) is 5.69 Å². The highest BCUT2D eigenvalue weighted by atomic mass is 32.2. The summed E-state index contributed by atoms with van der Waals surface area (Å²) in [6, 6.07) is 7.19. The zero-order chi connectivity index (χ0) is 11.7. The van der Waals surface area contributed by atoms with Crippen LogP contribution in [0.3, 0.4) is 0 Å². The van der Waals surface area contributed by atoms with Crippen molar-refractivity contribution in [3.8, 4) is 5.69 Å². The Morgan fingerprint density at radius 2 is 1.81 bits per heavy atom. The lowest BCUT2D eigenvalue weighted by Gasteiger charge is -1.99. The highest BCUT2D eigenvalue weighted by Gasteiger charge is 2.09. The van der Waals surface area contributed by atoms with Gasteiger partial charge in [-0.15, -0.1) is 16.5 Å². The summed E-state index contributed by atoms with van der Waals surface area (Å²) in [5, 5.41) is 0. The van der Waals surface area contributed by atoms with Crippen LogP contribution in [0, 0.1) is 0 Å². The smallest absolute Gasteiger partial charge is 0.312 e. The quantitative estimate of drug-likeness (QED) is 0.728. The number of hydrogen-bond acceptors (Lipinski definition) is 4. The van der Waals surface area contributed by atoms with E-state index in [1.54, 1.807) is 23.9 Å². The van der Waals surface area contributed by atoms with Crippen LogP contribution in [-0.2, 0) is 7.05 Å². The number of benzene rings is 1. The second-order valence-corrected chi connectivity index (χ2v) is 4.07.